The maximum atomic E-state index is 3.90. The molecule has 0 aliphatic heterocycles. The minimum absolute atomic E-state index is 0.496. The fourth-order valence-electron chi connectivity index (χ4n) is 2.83. The molecule has 1 unspecified atom stereocenters. The lowest BCUT2D eigenvalue weighted by Gasteiger charge is -2.31. The van der Waals surface area contributed by atoms with Crippen LogP contribution in [0.5, 0.6) is 0 Å². The Labute approximate surface area is 119 Å². The molecular formula is C18H31N. The van der Waals surface area contributed by atoms with Gasteiger partial charge in [-0.25, -0.2) is 0 Å². The Hall–Kier alpha value is -0.820. The highest BCUT2D eigenvalue weighted by Crippen LogP contribution is 2.23. The van der Waals surface area contributed by atoms with Crippen LogP contribution in [0.25, 0.3) is 0 Å². The molecule has 0 aliphatic carbocycles. The largest absolute Gasteiger partial charge is 0.307 e. The van der Waals surface area contributed by atoms with Gasteiger partial charge in [0.1, 0.15) is 0 Å². The Morgan fingerprint density at radius 3 is 2.00 bits per heavy atom. The summed E-state index contributed by atoms with van der Waals surface area (Å²) >= 11 is 0. The van der Waals surface area contributed by atoms with E-state index in [0.29, 0.717) is 23.9 Å². The summed E-state index contributed by atoms with van der Waals surface area (Å²) in [6.07, 6.45) is 3.78. The van der Waals surface area contributed by atoms with Gasteiger partial charge in [0.25, 0.3) is 0 Å². The van der Waals surface area contributed by atoms with E-state index >= 15 is 0 Å². The highest BCUT2D eigenvalue weighted by atomic mass is 15.0. The number of hydrogen-bond acceptors (Lipinski definition) is 1. The summed E-state index contributed by atoms with van der Waals surface area (Å²) in [6.45, 7) is 11.5. The standard InChI is InChI=1S/C18H31N/c1-6-7-13-17(16-11-9-8-10-12-16)19-18(14(2)3)15(4)5/h8-12,14-15,17-19H,6-7,13H2,1-5H3. The van der Waals surface area contributed by atoms with Crippen molar-refractivity contribution in [1.29, 1.82) is 0 Å². The van der Waals surface area contributed by atoms with Crippen LogP contribution < -0.4 is 5.32 Å². The molecule has 0 radical (unpaired) electrons. The molecule has 1 aromatic rings. The van der Waals surface area contributed by atoms with Crippen molar-refractivity contribution in [2.45, 2.75) is 66.0 Å². The zero-order chi connectivity index (χ0) is 14.3. The van der Waals surface area contributed by atoms with Crippen molar-refractivity contribution < 1.29 is 0 Å². The first-order valence-electron chi connectivity index (χ1n) is 7.87. The summed E-state index contributed by atoms with van der Waals surface area (Å²) in [5.41, 5.74) is 1.43. The molecule has 1 atom stereocenters. The lowest BCUT2D eigenvalue weighted by atomic mass is 9.90. The zero-order valence-electron chi connectivity index (χ0n) is 13.3. The Kier molecular flexibility index (Phi) is 7.15. The van der Waals surface area contributed by atoms with E-state index in [-0.39, 0.29) is 0 Å². The molecule has 1 nitrogen and oxygen atoms in total. The molecule has 1 aromatic carbocycles. The topological polar surface area (TPSA) is 12.0 Å². The molecule has 1 heteroatoms. The normalized spacial score (nSPS) is 13.5. The molecule has 0 heterocycles. The highest BCUT2D eigenvalue weighted by molar-refractivity contribution is 5.19. The predicted molar refractivity (Wildman–Crippen MR) is 85.3 cm³/mol. The van der Waals surface area contributed by atoms with Crippen molar-refractivity contribution in [3.05, 3.63) is 35.9 Å². The van der Waals surface area contributed by atoms with Crippen LogP contribution in [0.4, 0.5) is 0 Å². The second kappa shape index (κ2) is 8.37. The molecule has 1 N–H and O–H groups in total. The Morgan fingerprint density at radius 2 is 1.53 bits per heavy atom. The predicted octanol–water partition coefficient (Wildman–Crippen LogP) is 5.19. The van der Waals surface area contributed by atoms with Crippen LogP contribution in [0.1, 0.15) is 65.5 Å². The van der Waals surface area contributed by atoms with Crippen molar-refractivity contribution in [1.82, 2.24) is 5.32 Å². The third-order valence-corrected chi connectivity index (χ3v) is 3.88. The molecule has 0 amide bonds. The lowest BCUT2D eigenvalue weighted by Crippen LogP contribution is -2.40. The molecule has 0 fully saturated rings. The maximum absolute atomic E-state index is 3.90. The van der Waals surface area contributed by atoms with Crippen LogP contribution in [0, 0.1) is 11.8 Å². The molecule has 0 saturated heterocycles. The fraction of sp³-hybridized carbons (Fsp3) is 0.667. The SMILES string of the molecule is CCCCC(NC(C(C)C)C(C)C)c1ccccc1. The summed E-state index contributed by atoms with van der Waals surface area (Å²) in [5.74, 6) is 1.35. The van der Waals surface area contributed by atoms with E-state index in [1.165, 1.54) is 24.8 Å². The summed E-state index contributed by atoms with van der Waals surface area (Å²) in [6, 6.07) is 12.0. The molecule has 0 aliphatic rings. The molecular weight excluding hydrogens is 230 g/mol. The molecule has 0 bridgehead atoms. The Bertz CT molecular complexity index is 321. The number of hydrogen-bond donors (Lipinski definition) is 1. The van der Waals surface area contributed by atoms with E-state index in [9.17, 15) is 0 Å². The monoisotopic (exact) mass is 261 g/mol. The van der Waals surface area contributed by atoms with Gasteiger partial charge in [-0.3, -0.25) is 0 Å². The zero-order valence-corrected chi connectivity index (χ0v) is 13.3. The summed E-state index contributed by atoms with van der Waals surface area (Å²) in [7, 11) is 0. The van der Waals surface area contributed by atoms with Gasteiger partial charge in [-0.2, -0.15) is 0 Å². The van der Waals surface area contributed by atoms with Crippen molar-refractivity contribution in [3.8, 4) is 0 Å². The van der Waals surface area contributed by atoms with E-state index in [4.69, 9.17) is 0 Å². The van der Waals surface area contributed by atoms with Crippen LogP contribution in [-0.4, -0.2) is 6.04 Å². The van der Waals surface area contributed by atoms with E-state index in [1.54, 1.807) is 0 Å². The third-order valence-electron chi connectivity index (χ3n) is 3.88. The van der Waals surface area contributed by atoms with Crippen LogP contribution in [0.15, 0.2) is 30.3 Å². The smallest absolute Gasteiger partial charge is 0.0322 e. The molecule has 0 aromatic heterocycles. The average molecular weight is 261 g/mol. The van der Waals surface area contributed by atoms with Gasteiger partial charge >= 0.3 is 0 Å². The number of benzene rings is 1. The molecule has 1 rings (SSSR count). The van der Waals surface area contributed by atoms with Gasteiger partial charge < -0.3 is 5.32 Å². The maximum Gasteiger partial charge on any atom is 0.0322 e. The van der Waals surface area contributed by atoms with Crippen LogP contribution >= 0.6 is 0 Å². The number of nitrogens with one attached hydrogen (secondary N) is 1. The third kappa shape index (κ3) is 5.36. The minimum Gasteiger partial charge on any atom is -0.307 e. The molecule has 0 saturated carbocycles. The van der Waals surface area contributed by atoms with Gasteiger partial charge in [0.15, 0.2) is 0 Å². The highest BCUT2D eigenvalue weighted by Gasteiger charge is 2.21. The minimum atomic E-state index is 0.496. The van der Waals surface area contributed by atoms with E-state index in [2.05, 4.69) is 70.3 Å². The first-order chi connectivity index (χ1) is 9.06. The van der Waals surface area contributed by atoms with Gasteiger partial charge in [-0.15, -0.1) is 0 Å². The van der Waals surface area contributed by atoms with Crippen LogP contribution in [0.2, 0.25) is 0 Å². The van der Waals surface area contributed by atoms with Gasteiger partial charge in [-0.05, 0) is 23.8 Å². The van der Waals surface area contributed by atoms with E-state index in [0.717, 1.165) is 0 Å². The lowest BCUT2D eigenvalue weighted by molar-refractivity contribution is 0.276. The average Bonchev–Trinajstić information content (AvgIpc) is 2.39. The van der Waals surface area contributed by atoms with Crippen molar-refractivity contribution in [3.63, 3.8) is 0 Å². The first kappa shape index (κ1) is 16.2. The van der Waals surface area contributed by atoms with E-state index in [1.807, 2.05) is 0 Å². The molecule has 108 valence electrons. The van der Waals surface area contributed by atoms with E-state index < -0.39 is 0 Å². The summed E-state index contributed by atoms with van der Waals surface area (Å²) in [5, 5.41) is 3.90. The molecule has 0 spiro atoms. The second-order valence-electron chi connectivity index (χ2n) is 6.29. The van der Waals surface area contributed by atoms with Gasteiger partial charge in [0.2, 0.25) is 0 Å². The van der Waals surface area contributed by atoms with Crippen LogP contribution in [0.3, 0.4) is 0 Å². The summed E-state index contributed by atoms with van der Waals surface area (Å²) in [4.78, 5) is 0. The van der Waals surface area contributed by atoms with Gasteiger partial charge in [0.05, 0.1) is 0 Å². The van der Waals surface area contributed by atoms with Crippen molar-refractivity contribution >= 4 is 0 Å². The van der Waals surface area contributed by atoms with Crippen LogP contribution in [-0.2, 0) is 0 Å². The Morgan fingerprint density at radius 1 is 0.947 bits per heavy atom. The summed E-state index contributed by atoms with van der Waals surface area (Å²) < 4.78 is 0. The first-order valence-corrected chi connectivity index (χ1v) is 7.87. The number of rotatable bonds is 8. The second-order valence-corrected chi connectivity index (χ2v) is 6.29. The fourth-order valence-corrected chi connectivity index (χ4v) is 2.83. The van der Waals surface area contributed by atoms with Gasteiger partial charge in [0, 0.05) is 12.1 Å². The molecule has 19 heavy (non-hydrogen) atoms. The van der Waals surface area contributed by atoms with Gasteiger partial charge in [-0.1, -0.05) is 77.8 Å². The number of unbranched alkanes of at least 4 members (excludes halogenated alkanes) is 1. The quantitative estimate of drug-likeness (QED) is 0.679. The Balaban J connectivity index is 2.79. The van der Waals surface area contributed by atoms with Crippen molar-refractivity contribution in [2.24, 2.45) is 11.8 Å². The van der Waals surface area contributed by atoms with Crippen molar-refractivity contribution in [2.75, 3.05) is 0 Å².